The highest BCUT2D eigenvalue weighted by Crippen LogP contribution is 2.29. The molecule has 0 aliphatic carbocycles. The molecule has 0 radical (unpaired) electrons. The van der Waals surface area contributed by atoms with Gasteiger partial charge in [-0.15, -0.1) is 13.2 Å². The number of rotatable bonds is 4. The van der Waals surface area contributed by atoms with Crippen LogP contribution in [-0.2, 0) is 0 Å². The number of nitrogens with two attached hydrogens (primary N) is 1. The second-order valence-corrected chi connectivity index (χ2v) is 4.97. The third-order valence-corrected chi connectivity index (χ3v) is 2.85. The van der Waals surface area contributed by atoms with Gasteiger partial charge in [-0.25, -0.2) is 0 Å². The number of nitrogen functional groups attached to an aromatic ring is 1. The van der Waals surface area contributed by atoms with Crippen molar-refractivity contribution in [1.29, 1.82) is 5.26 Å². The molecule has 10 heteroatoms. The van der Waals surface area contributed by atoms with Crippen LogP contribution >= 0.6 is 0 Å². The Morgan fingerprint density at radius 3 is 2.52 bits per heavy atom. The molecule has 0 aliphatic heterocycles. The zero-order chi connectivity index (χ0) is 18.6. The summed E-state index contributed by atoms with van der Waals surface area (Å²) >= 11 is 0. The van der Waals surface area contributed by atoms with Crippen molar-refractivity contribution in [2.75, 3.05) is 24.7 Å². The van der Waals surface area contributed by atoms with E-state index in [1.165, 1.54) is 24.3 Å². The Hall–Kier alpha value is -3.35. The van der Waals surface area contributed by atoms with Gasteiger partial charge in [-0.05, 0) is 12.1 Å². The van der Waals surface area contributed by atoms with E-state index < -0.39 is 12.1 Å². The number of hydrogen-bond donors (Lipinski definition) is 1. The molecule has 0 spiro atoms. The topological polar surface area (TPSA) is 101 Å². The Bertz CT molecular complexity index is 842. The lowest BCUT2D eigenvalue weighted by molar-refractivity contribution is -0.274. The van der Waals surface area contributed by atoms with Crippen molar-refractivity contribution < 1.29 is 17.9 Å². The number of alkyl halides is 3. The number of aromatic nitrogens is 3. The number of anilines is 2. The Morgan fingerprint density at radius 2 is 1.92 bits per heavy atom. The lowest BCUT2D eigenvalue weighted by atomic mass is 10.1. The molecule has 0 saturated heterocycles. The second-order valence-electron chi connectivity index (χ2n) is 4.97. The summed E-state index contributed by atoms with van der Waals surface area (Å²) in [6.07, 6.45) is -3.66. The van der Waals surface area contributed by atoms with Crippen molar-refractivity contribution in [1.82, 2.24) is 15.0 Å². The van der Waals surface area contributed by atoms with Crippen molar-refractivity contribution in [3.05, 3.63) is 35.7 Å². The molecule has 130 valence electrons. The molecule has 7 nitrogen and oxygen atoms in total. The lowest BCUT2D eigenvalue weighted by Crippen LogP contribution is -2.17. The Balaban J connectivity index is 2.51. The molecular weight excluding hydrogens is 337 g/mol. The standard InChI is InChI=1S/C15H13F3N6O/c1-24(2)14-22-12(21-13(20)23-14)10(8-19)7-9-5-3-4-6-11(9)25-15(16,17)18/h3-7H,1-2H3,(H2,20,21,22,23)/b10-7+. The van der Waals surface area contributed by atoms with Crippen molar-refractivity contribution >= 4 is 23.5 Å². The first-order chi connectivity index (χ1) is 11.7. The average molecular weight is 350 g/mol. The molecule has 0 aliphatic rings. The summed E-state index contributed by atoms with van der Waals surface area (Å²) in [5.41, 5.74) is 5.55. The van der Waals surface area contributed by atoms with E-state index >= 15 is 0 Å². The summed E-state index contributed by atoms with van der Waals surface area (Å²) in [6.45, 7) is 0. The summed E-state index contributed by atoms with van der Waals surface area (Å²) in [5.74, 6) is -0.406. The van der Waals surface area contributed by atoms with E-state index in [1.807, 2.05) is 6.07 Å². The maximum Gasteiger partial charge on any atom is 0.573 e. The van der Waals surface area contributed by atoms with Crippen LogP contribution in [-0.4, -0.2) is 35.4 Å². The van der Waals surface area contributed by atoms with E-state index in [0.29, 0.717) is 0 Å². The van der Waals surface area contributed by atoms with Gasteiger partial charge in [0.15, 0.2) is 5.82 Å². The van der Waals surface area contributed by atoms with Gasteiger partial charge in [0.25, 0.3) is 0 Å². The zero-order valence-electron chi connectivity index (χ0n) is 13.2. The SMILES string of the molecule is CN(C)c1nc(N)nc(/C(C#N)=C/c2ccccc2OC(F)(F)F)n1. The molecular formula is C15H13F3N6O. The van der Waals surface area contributed by atoms with E-state index in [1.54, 1.807) is 19.0 Å². The largest absolute Gasteiger partial charge is 0.573 e. The number of benzene rings is 1. The van der Waals surface area contributed by atoms with E-state index in [0.717, 1.165) is 6.07 Å². The molecule has 0 fully saturated rings. The normalized spacial score (nSPS) is 11.8. The van der Waals surface area contributed by atoms with Crippen molar-refractivity contribution in [2.24, 2.45) is 0 Å². The van der Waals surface area contributed by atoms with Crippen molar-refractivity contribution in [2.45, 2.75) is 6.36 Å². The summed E-state index contributed by atoms with van der Waals surface area (Å²) < 4.78 is 41.4. The number of para-hydroxylation sites is 1. The molecule has 1 heterocycles. The summed E-state index contributed by atoms with van der Waals surface area (Å²) in [6, 6.07) is 7.25. The summed E-state index contributed by atoms with van der Waals surface area (Å²) in [5, 5.41) is 9.35. The number of nitrogens with zero attached hydrogens (tertiary/aromatic N) is 5. The molecule has 2 rings (SSSR count). The Labute approximate surface area is 141 Å². The minimum Gasteiger partial charge on any atom is -0.405 e. The van der Waals surface area contributed by atoms with Gasteiger partial charge >= 0.3 is 6.36 Å². The van der Waals surface area contributed by atoms with Crippen LogP contribution in [0.4, 0.5) is 25.1 Å². The molecule has 2 N–H and O–H groups in total. The third-order valence-electron chi connectivity index (χ3n) is 2.85. The van der Waals surface area contributed by atoms with E-state index in [-0.39, 0.29) is 28.9 Å². The first-order valence-electron chi connectivity index (χ1n) is 6.85. The predicted octanol–water partition coefficient (Wildman–Crippen LogP) is 2.48. The smallest absolute Gasteiger partial charge is 0.405 e. The molecule has 2 aromatic rings. The maximum absolute atomic E-state index is 12.5. The monoisotopic (exact) mass is 350 g/mol. The third kappa shape index (κ3) is 4.81. The van der Waals surface area contributed by atoms with Crippen molar-refractivity contribution in [3.63, 3.8) is 0 Å². The van der Waals surface area contributed by atoms with Gasteiger partial charge in [-0.3, -0.25) is 0 Å². The maximum atomic E-state index is 12.5. The van der Waals surface area contributed by atoms with Gasteiger partial charge in [-0.2, -0.15) is 20.2 Å². The number of halogens is 3. The highest BCUT2D eigenvalue weighted by molar-refractivity contribution is 5.88. The molecule has 25 heavy (non-hydrogen) atoms. The molecule has 0 atom stereocenters. The number of ether oxygens (including phenoxy) is 1. The average Bonchev–Trinajstić information content (AvgIpc) is 2.52. The number of nitriles is 1. The molecule has 0 unspecified atom stereocenters. The molecule has 1 aromatic heterocycles. The van der Waals surface area contributed by atoms with E-state index in [4.69, 9.17) is 5.73 Å². The van der Waals surface area contributed by atoms with Gasteiger partial charge < -0.3 is 15.4 Å². The minimum atomic E-state index is -4.85. The molecule has 0 amide bonds. The molecule has 0 saturated carbocycles. The van der Waals surface area contributed by atoms with Gasteiger partial charge in [0.1, 0.15) is 11.8 Å². The van der Waals surface area contributed by atoms with Gasteiger partial charge in [0, 0.05) is 19.7 Å². The number of allylic oxidation sites excluding steroid dienone is 1. The fourth-order valence-corrected chi connectivity index (χ4v) is 1.82. The lowest BCUT2D eigenvalue weighted by Gasteiger charge is -2.12. The highest BCUT2D eigenvalue weighted by atomic mass is 19.4. The fourth-order valence-electron chi connectivity index (χ4n) is 1.82. The fraction of sp³-hybridized carbons (Fsp3) is 0.200. The first kappa shape index (κ1) is 18.0. The van der Waals surface area contributed by atoms with E-state index in [2.05, 4.69) is 19.7 Å². The number of hydrogen-bond acceptors (Lipinski definition) is 7. The van der Waals surface area contributed by atoms with Crippen LogP contribution < -0.4 is 15.4 Å². The van der Waals surface area contributed by atoms with Crippen LogP contribution in [0, 0.1) is 11.3 Å². The molecule has 1 aromatic carbocycles. The molecule has 0 bridgehead atoms. The highest BCUT2D eigenvalue weighted by Gasteiger charge is 2.31. The Kier molecular flexibility index (Phi) is 5.07. The van der Waals surface area contributed by atoms with Gasteiger partial charge in [0.2, 0.25) is 11.9 Å². The Morgan fingerprint density at radius 1 is 1.24 bits per heavy atom. The summed E-state index contributed by atoms with van der Waals surface area (Å²) in [4.78, 5) is 13.4. The predicted molar refractivity (Wildman–Crippen MR) is 85.2 cm³/mol. The van der Waals surface area contributed by atoms with Crippen LogP contribution in [0.25, 0.3) is 11.6 Å². The van der Waals surface area contributed by atoms with Gasteiger partial charge in [-0.1, -0.05) is 18.2 Å². The van der Waals surface area contributed by atoms with E-state index in [9.17, 15) is 18.4 Å². The second kappa shape index (κ2) is 7.04. The quantitative estimate of drug-likeness (QED) is 0.845. The van der Waals surface area contributed by atoms with Crippen LogP contribution in [0.2, 0.25) is 0 Å². The van der Waals surface area contributed by atoms with Crippen LogP contribution in [0.15, 0.2) is 24.3 Å². The van der Waals surface area contributed by atoms with Gasteiger partial charge in [0.05, 0.1) is 5.57 Å². The minimum absolute atomic E-state index is 0.0433. The van der Waals surface area contributed by atoms with Crippen molar-refractivity contribution in [3.8, 4) is 11.8 Å². The van der Waals surface area contributed by atoms with Crippen LogP contribution in [0.3, 0.4) is 0 Å². The van der Waals surface area contributed by atoms with Crippen LogP contribution in [0.1, 0.15) is 11.4 Å². The summed E-state index contributed by atoms with van der Waals surface area (Å²) in [7, 11) is 3.33. The zero-order valence-corrected chi connectivity index (χ0v) is 13.2. The van der Waals surface area contributed by atoms with Crippen LogP contribution in [0.5, 0.6) is 5.75 Å². The first-order valence-corrected chi connectivity index (χ1v) is 6.85.